The molecule has 2 aromatic rings. The lowest BCUT2D eigenvalue weighted by atomic mass is 10.0. The van der Waals surface area contributed by atoms with Crippen LogP contribution in [0.25, 0.3) is 0 Å². The van der Waals surface area contributed by atoms with E-state index in [1.54, 1.807) is 10.7 Å². The van der Waals surface area contributed by atoms with Crippen LogP contribution in [0.1, 0.15) is 48.9 Å². The van der Waals surface area contributed by atoms with Crippen LogP contribution in [0.5, 0.6) is 11.5 Å². The van der Waals surface area contributed by atoms with Gasteiger partial charge in [0, 0.05) is 25.1 Å². The Kier molecular flexibility index (Phi) is 4.30. The van der Waals surface area contributed by atoms with Gasteiger partial charge in [-0.2, -0.15) is 5.10 Å². The third-order valence-electron chi connectivity index (χ3n) is 5.80. The lowest BCUT2D eigenvalue weighted by Gasteiger charge is -2.32. The standard InChI is InChI=1S/C21H23N3O4/c25-20-6-4-17(15-2-3-15)22-24(20)16-7-9-23(10-8-16)21(26)12-14-1-5-18-19(11-14)28-13-27-18/h1,4-6,11,15-16H,2-3,7-10,12-13H2. The van der Waals surface area contributed by atoms with E-state index in [1.165, 1.54) is 0 Å². The van der Waals surface area contributed by atoms with Crippen molar-refractivity contribution in [2.24, 2.45) is 0 Å². The molecule has 1 saturated carbocycles. The Bertz CT molecular complexity index is 958. The second kappa shape index (κ2) is 6.96. The van der Waals surface area contributed by atoms with E-state index in [2.05, 4.69) is 5.10 Å². The SMILES string of the molecule is O=C(Cc1ccc2c(c1)OCO2)N1CCC(n2nc(C3CC3)ccc2=O)CC1. The molecule has 2 aliphatic heterocycles. The first kappa shape index (κ1) is 17.3. The molecule has 2 fully saturated rings. The molecule has 0 spiro atoms. The molecular weight excluding hydrogens is 358 g/mol. The van der Waals surface area contributed by atoms with Crippen LogP contribution < -0.4 is 15.0 Å². The zero-order chi connectivity index (χ0) is 19.1. The maximum atomic E-state index is 12.7. The van der Waals surface area contributed by atoms with Crippen molar-refractivity contribution in [1.29, 1.82) is 0 Å². The topological polar surface area (TPSA) is 73.7 Å². The first-order valence-electron chi connectivity index (χ1n) is 9.93. The predicted molar refractivity (Wildman–Crippen MR) is 102 cm³/mol. The number of piperidine rings is 1. The number of benzene rings is 1. The highest BCUT2D eigenvalue weighted by Gasteiger charge is 2.29. The van der Waals surface area contributed by atoms with Gasteiger partial charge in [-0.1, -0.05) is 6.07 Å². The van der Waals surface area contributed by atoms with Crippen molar-refractivity contribution >= 4 is 5.91 Å². The van der Waals surface area contributed by atoms with Gasteiger partial charge >= 0.3 is 0 Å². The van der Waals surface area contributed by atoms with Crippen LogP contribution in [0.4, 0.5) is 0 Å². The molecule has 5 rings (SSSR count). The minimum absolute atomic E-state index is 0.0467. The summed E-state index contributed by atoms with van der Waals surface area (Å²) in [7, 11) is 0. The summed E-state index contributed by atoms with van der Waals surface area (Å²) in [6.45, 7) is 1.53. The molecule has 0 unspecified atom stereocenters. The third kappa shape index (κ3) is 3.37. The summed E-state index contributed by atoms with van der Waals surface area (Å²) >= 11 is 0. The average molecular weight is 381 g/mol. The van der Waals surface area contributed by atoms with Crippen LogP contribution in [0.15, 0.2) is 35.1 Å². The number of carbonyl (C=O) groups excluding carboxylic acids is 1. The number of ether oxygens (including phenoxy) is 2. The van der Waals surface area contributed by atoms with E-state index in [-0.39, 0.29) is 24.3 Å². The molecule has 0 atom stereocenters. The Hall–Kier alpha value is -2.83. The number of amides is 1. The van der Waals surface area contributed by atoms with Crippen LogP contribution in [0, 0.1) is 0 Å². The van der Waals surface area contributed by atoms with Gasteiger partial charge in [-0.05, 0) is 49.4 Å². The molecule has 7 nitrogen and oxygen atoms in total. The maximum Gasteiger partial charge on any atom is 0.267 e. The summed E-state index contributed by atoms with van der Waals surface area (Å²) in [6, 6.07) is 9.20. The third-order valence-corrected chi connectivity index (χ3v) is 5.80. The summed E-state index contributed by atoms with van der Waals surface area (Å²) in [4.78, 5) is 26.8. The molecule has 0 bridgehead atoms. The van der Waals surface area contributed by atoms with E-state index in [0.717, 1.165) is 42.7 Å². The molecule has 3 heterocycles. The molecule has 3 aliphatic rings. The van der Waals surface area contributed by atoms with E-state index in [4.69, 9.17) is 9.47 Å². The average Bonchev–Trinajstić information content (AvgIpc) is 3.46. The van der Waals surface area contributed by atoms with Gasteiger partial charge in [-0.25, -0.2) is 4.68 Å². The van der Waals surface area contributed by atoms with Crippen LogP contribution >= 0.6 is 0 Å². The highest BCUT2D eigenvalue weighted by Crippen LogP contribution is 2.38. The van der Waals surface area contributed by atoms with Gasteiger partial charge in [-0.15, -0.1) is 0 Å². The smallest absolute Gasteiger partial charge is 0.267 e. The Labute approximate surface area is 162 Å². The number of hydrogen-bond acceptors (Lipinski definition) is 5. The largest absolute Gasteiger partial charge is 0.454 e. The molecule has 28 heavy (non-hydrogen) atoms. The quantitative estimate of drug-likeness (QED) is 0.812. The minimum atomic E-state index is -0.0467. The maximum absolute atomic E-state index is 12.7. The van der Waals surface area contributed by atoms with Gasteiger partial charge < -0.3 is 14.4 Å². The number of aromatic nitrogens is 2. The summed E-state index contributed by atoms with van der Waals surface area (Å²) in [5.74, 6) is 2.05. The minimum Gasteiger partial charge on any atom is -0.454 e. The molecule has 146 valence electrons. The molecule has 0 N–H and O–H groups in total. The number of likely N-dealkylation sites (tertiary alicyclic amines) is 1. The molecule has 1 aromatic heterocycles. The fourth-order valence-electron chi connectivity index (χ4n) is 4.00. The molecular formula is C21H23N3O4. The number of nitrogens with zero attached hydrogens (tertiary/aromatic N) is 3. The fraction of sp³-hybridized carbons (Fsp3) is 0.476. The highest BCUT2D eigenvalue weighted by atomic mass is 16.7. The van der Waals surface area contributed by atoms with E-state index in [9.17, 15) is 9.59 Å². The second-order valence-electron chi connectivity index (χ2n) is 7.79. The lowest BCUT2D eigenvalue weighted by molar-refractivity contribution is -0.131. The fourth-order valence-corrected chi connectivity index (χ4v) is 4.00. The lowest BCUT2D eigenvalue weighted by Crippen LogP contribution is -2.42. The van der Waals surface area contributed by atoms with Gasteiger partial charge in [0.05, 0.1) is 18.2 Å². The van der Waals surface area contributed by atoms with E-state index < -0.39 is 0 Å². The van der Waals surface area contributed by atoms with E-state index >= 15 is 0 Å². The van der Waals surface area contributed by atoms with Crippen molar-refractivity contribution in [3.63, 3.8) is 0 Å². The molecule has 0 radical (unpaired) electrons. The predicted octanol–water partition coefficient (Wildman–Crippen LogP) is 2.26. The van der Waals surface area contributed by atoms with Crippen molar-refractivity contribution in [3.05, 3.63) is 51.9 Å². The summed E-state index contributed by atoms with van der Waals surface area (Å²) < 4.78 is 12.3. The summed E-state index contributed by atoms with van der Waals surface area (Å²) in [5, 5.41) is 4.60. The Morgan fingerprint density at radius 1 is 1.04 bits per heavy atom. The molecule has 1 amide bonds. The monoisotopic (exact) mass is 381 g/mol. The number of hydrogen-bond donors (Lipinski definition) is 0. The van der Waals surface area contributed by atoms with Gasteiger partial charge in [0.15, 0.2) is 11.5 Å². The van der Waals surface area contributed by atoms with Crippen molar-refractivity contribution in [2.75, 3.05) is 19.9 Å². The molecule has 7 heteroatoms. The second-order valence-corrected chi connectivity index (χ2v) is 7.79. The van der Waals surface area contributed by atoms with Crippen LogP contribution in [0.2, 0.25) is 0 Å². The normalized spacial score (nSPS) is 19.1. The zero-order valence-electron chi connectivity index (χ0n) is 15.7. The summed E-state index contributed by atoms with van der Waals surface area (Å²) in [6.07, 6.45) is 4.19. The molecule has 1 saturated heterocycles. The van der Waals surface area contributed by atoms with Crippen LogP contribution in [0.3, 0.4) is 0 Å². The van der Waals surface area contributed by atoms with Crippen LogP contribution in [-0.4, -0.2) is 40.5 Å². The Morgan fingerprint density at radius 2 is 1.82 bits per heavy atom. The zero-order valence-corrected chi connectivity index (χ0v) is 15.7. The summed E-state index contributed by atoms with van der Waals surface area (Å²) in [5.41, 5.74) is 1.90. The van der Waals surface area contributed by atoms with Crippen molar-refractivity contribution < 1.29 is 14.3 Å². The highest BCUT2D eigenvalue weighted by molar-refractivity contribution is 5.79. The Balaban J connectivity index is 1.22. The first-order valence-corrected chi connectivity index (χ1v) is 9.93. The molecule has 1 aromatic carbocycles. The van der Waals surface area contributed by atoms with Gasteiger partial charge in [0.1, 0.15) is 0 Å². The van der Waals surface area contributed by atoms with Crippen molar-refractivity contribution in [1.82, 2.24) is 14.7 Å². The number of rotatable bonds is 4. The first-order chi connectivity index (χ1) is 13.7. The molecule has 1 aliphatic carbocycles. The van der Waals surface area contributed by atoms with Gasteiger partial charge in [0.25, 0.3) is 5.56 Å². The van der Waals surface area contributed by atoms with Crippen molar-refractivity contribution in [2.45, 2.75) is 44.1 Å². The van der Waals surface area contributed by atoms with Crippen molar-refractivity contribution in [3.8, 4) is 11.5 Å². The Morgan fingerprint density at radius 3 is 2.61 bits per heavy atom. The number of fused-ring (bicyclic) bond motifs is 1. The van der Waals surface area contributed by atoms with Gasteiger partial charge in [-0.3, -0.25) is 9.59 Å². The van der Waals surface area contributed by atoms with Gasteiger partial charge in [0.2, 0.25) is 12.7 Å². The number of carbonyl (C=O) groups is 1. The van der Waals surface area contributed by atoms with E-state index in [1.807, 2.05) is 29.2 Å². The van der Waals surface area contributed by atoms with E-state index in [0.29, 0.717) is 31.2 Å². The van der Waals surface area contributed by atoms with Crippen LogP contribution in [-0.2, 0) is 11.2 Å².